The van der Waals surface area contributed by atoms with Crippen molar-refractivity contribution in [3.8, 4) is 0 Å². The van der Waals surface area contributed by atoms with Crippen molar-refractivity contribution in [2.75, 3.05) is 0 Å². The van der Waals surface area contributed by atoms with Gasteiger partial charge in [-0.25, -0.2) is 9.98 Å². The van der Waals surface area contributed by atoms with Crippen molar-refractivity contribution >= 4 is 40.3 Å². The van der Waals surface area contributed by atoms with Crippen LogP contribution in [0.2, 0.25) is 5.02 Å². The maximum Gasteiger partial charge on any atom is 0.239 e. The van der Waals surface area contributed by atoms with E-state index in [2.05, 4.69) is 15.3 Å². The zero-order chi connectivity index (χ0) is 14.7. The van der Waals surface area contributed by atoms with Gasteiger partial charge in [-0.05, 0) is 36.2 Å². The number of carbonyl (C=O) groups excluding carboxylic acids is 1. The number of carbonyl (C=O) groups is 1. The van der Waals surface area contributed by atoms with Crippen molar-refractivity contribution in [1.82, 2.24) is 10.3 Å². The smallest absolute Gasteiger partial charge is 0.239 e. The second kappa shape index (κ2) is 6.28. The number of benzene rings is 1. The molecule has 0 spiro atoms. The molecule has 0 saturated carbocycles. The molecule has 1 saturated heterocycles. The minimum Gasteiger partial charge on any atom is -0.304 e. The number of hydrogen-bond donors (Lipinski definition) is 1. The van der Waals surface area contributed by atoms with Crippen LogP contribution in [0.1, 0.15) is 5.56 Å². The molecule has 1 amide bonds. The first kappa shape index (κ1) is 14.1. The fourth-order valence-electron chi connectivity index (χ4n) is 1.95. The maximum absolute atomic E-state index is 12.0. The summed E-state index contributed by atoms with van der Waals surface area (Å²) in [6, 6.07) is 13.0. The van der Waals surface area contributed by atoms with E-state index in [0.717, 1.165) is 5.56 Å². The Morgan fingerprint density at radius 1 is 1.24 bits per heavy atom. The van der Waals surface area contributed by atoms with Gasteiger partial charge in [-0.2, -0.15) is 0 Å². The highest BCUT2D eigenvalue weighted by atomic mass is 35.5. The standard InChI is InChI=1S/C15H12ClN3OS/c16-11-6-4-10(5-7-11)9-12-14(20)19-15(21-12)18-13-3-1-2-8-17-13/h1-8,12H,9H2,(H,17,18,19,20)/t12-/m1/s1. The van der Waals surface area contributed by atoms with Gasteiger partial charge < -0.3 is 5.32 Å². The Bertz CT molecular complexity index is 673. The van der Waals surface area contributed by atoms with Gasteiger partial charge in [0.25, 0.3) is 0 Å². The monoisotopic (exact) mass is 317 g/mol. The molecule has 2 aromatic rings. The van der Waals surface area contributed by atoms with E-state index in [1.54, 1.807) is 12.3 Å². The summed E-state index contributed by atoms with van der Waals surface area (Å²) < 4.78 is 0. The summed E-state index contributed by atoms with van der Waals surface area (Å²) in [5, 5.41) is 3.91. The van der Waals surface area contributed by atoms with Crippen LogP contribution in [0.4, 0.5) is 5.82 Å². The lowest BCUT2D eigenvalue weighted by Crippen LogP contribution is -2.25. The van der Waals surface area contributed by atoms with E-state index in [-0.39, 0.29) is 11.2 Å². The van der Waals surface area contributed by atoms with Gasteiger partial charge in [0.15, 0.2) is 11.0 Å². The van der Waals surface area contributed by atoms with Gasteiger partial charge in [0.2, 0.25) is 5.91 Å². The number of thioether (sulfide) groups is 1. The number of rotatable bonds is 3. The molecule has 106 valence electrons. The molecular weight excluding hydrogens is 306 g/mol. The number of pyridine rings is 1. The van der Waals surface area contributed by atoms with Crippen molar-refractivity contribution in [2.45, 2.75) is 11.7 Å². The van der Waals surface area contributed by atoms with Crippen LogP contribution in [-0.4, -0.2) is 21.3 Å². The highest BCUT2D eigenvalue weighted by molar-refractivity contribution is 8.15. The van der Waals surface area contributed by atoms with Crippen LogP contribution in [0.5, 0.6) is 0 Å². The number of amides is 1. The lowest BCUT2D eigenvalue weighted by Gasteiger charge is -2.05. The normalized spacial score (nSPS) is 19.8. The summed E-state index contributed by atoms with van der Waals surface area (Å²) >= 11 is 7.29. The number of aromatic nitrogens is 1. The van der Waals surface area contributed by atoms with Crippen molar-refractivity contribution in [1.29, 1.82) is 0 Å². The van der Waals surface area contributed by atoms with E-state index in [1.165, 1.54) is 11.8 Å². The molecular formula is C15H12ClN3OS. The summed E-state index contributed by atoms with van der Waals surface area (Å²) in [6.07, 6.45) is 2.32. The Labute approximate surface area is 131 Å². The van der Waals surface area contributed by atoms with Gasteiger partial charge in [0.05, 0.1) is 5.25 Å². The zero-order valence-electron chi connectivity index (χ0n) is 11.0. The molecule has 3 rings (SSSR count). The Balaban J connectivity index is 1.70. The summed E-state index contributed by atoms with van der Waals surface area (Å²) in [6.45, 7) is 0. The third kappa shape index (κ3) is 3.62. The first-order valence-corrected chi connectivity index (χ1v) is 7.68. The molecule has 2 heterocycles. The topological polar surface area (TPSA) is 54.4 Å². The van der Waals surface area contributed by atoms with Crippen LogP contribution in [0.3, 0.4) is 0 Å². The molecule has 1 atom stereocenters. The van der Waals surface area contributed by atoms with Crippen LogP contribution in [0.15, 0.2) is 53.7 Å². The molecule has 0 radical (unpaired) electrons. The van der Waals surface area contributed by atoms with Crippen molar-refractivity contribution < 1.29 is 4.79 Å². The fraction of sp³-hybridized carbons (Fsp3) is 0.133. The summed E-state index contributed by atoms with van der Waals surface area (Å²) in [7, 11) is 0. The third-order valence-corrected chi connectivity index (χ3v) is 4.31. The Hall–Kier alpha value is -1.85. The molecule has 4 nitrogen and oxygen atoms in total. The number of nitrogens with one attached hydrogen (secondary N) is 1. The molecule has 1 fully saturated rings. The van der Waals surface area contributed by atoms with Gasteiger partial charge in [-0.15, -0.1) is 0 Å². The molecule has 21 heavy (non-hydrogen) atoms. The summed E-state index contributed by atoms with van der Waals surface area (Å²) in [4.78, 5) is 20.4. The van der Waals surface area contributed by atoms with Crippen molar-refractivity contribution in [3.63, 3.8) is 0 Å². The number of hydrogen-bond acceptors (Lipinski definition) is 4. The highest BCUT2D eigenvalue weighted by Crippen LogP contribution is 2.25. The summed E-state index contributed by atoms with van der Waals surface area (Å²) in [5.41, 5.74) is 1.08. The van der Waals surface area contributed by atoms with Gasteiger partial charge >= 0.3 is 0 Å². The van der Waals surface area contributed by atoms with Crippen LogP contribution >= 0.6 is 23.4 Å². The summed E-state index contributed by atoms with van der Waals surface area (Å²) in [5.74, 6) is 0.567. The van der Waals surface area contributed by atoms with E-state index < -0.39 is 0 Å². The molecule has 1 aromatic carbocycles. The zero-order valence-corrected chi connectivity index (χ0v) is 12.6. The fourth-order valence-corrected chi connectivity index (χ4v) is 3.09. The predicted octanol–water partition coefficient (Wildman–Crippen LogP) is 3.20. The van der Waals surface area contributed by atoms with Crippen LogP contribution in [-0.2, 0) is 11.2 Å². The molecule has 1 aliphatic heterocycles. The van der Waals surface area contributed by atoms with E-state index in [4.69, 9.17) is 11.6 Å². The van der Waals surface area contributed by atoms with Gasteiger partial charge in [0, 0.05) is 11.2 Å². The first-order valence-electron chi connectivity index (χ1n) is 6.42. The predicted molar refractivity (Wildman–Crippen MR) is 86.0 cm³/mol. The SMILES string of the molecule is O=C1N/C(=N\c2ccccn2)S[C@@H]1Cc1ccc(Cl)cc1. The van der Waals surface area contributed by atoms with E-state index in [0.29, 0.717) is 22.4 Å². The number of amidine groups is 1. The average Bonchev–Trinajstić information content (AvgIpc) is 2.82. The lowest BCUT2D eigenvalue weighted by atomic mass is 10.1. The van der Waals surface area contributed by atoms with Gasteiger partial charge in [-0.1, -0.05) is 41.6 Å². The van der Waals surface area contributed by atoms with Gasteiger partial charge in [0.1, 0.15) is 0 Å². The maximum atomic E-state index is 12.0. The lowest BCUT2D eigenvalue weighted by molar-refractivity contribution is -0.118. The third-order valence-electron chi connectivity index (χ3n) is 2.98. The molecule has 1 aromatic heterocycles. The second-order valence-corrected chi connectivity index (χ2v) is 6.16. The molecule has 1 N–H and O–H groups in total. The van der Waals surface area contributed by atoms with Crippen LogP contribution in [0.25, 0.3) is 0 Å². The molecule has 6 heteroatoms. The van der Waals surface area contributed by atoms with E-state index in [1.807, 2.05) is 36.4 Å². The first-order chi connectivity index (χ1) is 10.2. The molecule has 0 bridgehead atoms. The van der Waals surface area contributed by atoms with Gasteiger partial charge in [-0.3, -0.25) is 4.79 Å². The Morgan fingerprint density at radius 2 is 2.05 bits per heavy atom. The molecule has 0 unspecified atom stereocenters. The largest absolute Gasteiger partial charge is 0.304 e. The number of nitrogens with zero attached hydrogens (tertiary/aromatic N) is 2. The van der Waals surface area contributed by atoms with Crippen molar-refractivity contribution in [3.05, 3.63) is 59.2 Å². The van der Waals surface area contributed by atoms with E-state index >= 15 is 0 Å². The van der Waals surface area contributed by atoms with E-state index in [9.17, 15) is 4.79 Å². The minimum atomic E-state index is -0.173. The Kier molecular flexibility index (Phi) is 4.22. The quantitative estimate of drug-likeness (QED) is 0.946. The molecule has 1 aliphatic rings. The van der Waals surface area contributed by atoms with Crippen molar-refractivity contribution in [2.24, 2.45) is 4.99 Å². The van der Waals surface area contributed by atoms with Crippen LogP contribution in [0, 0.1) is 0 Å². The number of halogens is 1. The number of aliphatic imine (C=N–C) groups is 1. The minimum absolute atomic E-state index is 0.0235. The molecule has 0 aliphatic carbocycles. The average molecular weight is 318 g/mol. The highest BCUT2D eigenvalue weighted by Gasteiger charge is 2.30. The second-order valence-electron chi connectivity index (χ2n) is 4.53. The Morgan fingerprint density at radius 3 is 2.76 bits per heavy atom. The van der Waals surface area contributed by atoms with Crippen LogP contribution < -0.4 is 5.32 Å².